The van der Waals surface area contributed by atoms with E-state index in [2.05, 4.69) is 41.1 Å². The minimum atomic E-state index is -4.60. The Hall–Kier alpha value is -2.90. The van der Waals surface area contributed by atoms with Crippen molar-refractivity contribution >= 4 is 31.6 Å². The van der Waals surface area contributed by atoms with Gasteiger partial charge in [0.05, 0.1) is 10.5 Å². The Balaban J connectivity index is 1.48. The number of rotatable bonds is 3. The van der Waals surface area contributed by atoms with Gasteiger partial charge in [-0.3, -0.25) is 0 Å². The van der Waals surface area contributed by atoms with E-state index in [1.54, 1.807) is 0 Å². The molecule has 0 radical (unpaired) electrons. The SMILES string of the molecule is O=S(=O)(NC1CCc2ccc3c(ccc4ccccc43)c2C1)c1cccc(C(F)(F)F)c1. The number of hydrogen-bond acceptors (Lipinski definition) is 2. The maximum absolute atomic E-state index is 13.0. The fourth-order valence-electron chi connectivity index (χ4n) is 4.58. The fraction of sp³-hybridized carbons (Fsp3) is 0.200. The van der Waals surface area contributed by atoms with E-state index in [9.17, 15) is 21.6 Å². The normalized spacial score (nSPS) is 16.9. The summed E-state index contributed by atoms with van der Waals surface area (Å²) in [6.07, 6.45) is -2.82. The van der Waals surface area contributed by atoms with Gasteiger partial charge < -0.3 is 0 Å². The van der Waals surface area contributed by atoms with Crippen LogP contribution in [0.15, 0.2) is 77.7 Å². The fourth-order valence-corrected chi connectivity index (χ4v) is 5.89. The second-order valence-electron chi connectivity index (χ2n) is 8.17. The second kappa shape index (κ2) is 7.60. The van der Waals surface area contributed by atoms with Crippen molar-refractivity contribution in [3.05, 3.63) is 89.5 Å². The van der Waals surface area contributed by atoms with E-state index >= 15 is 0 Å². The zero-order valence-corrected chi connectivity index (χ0v) is 17.8. The van der Waals surface area contributed by atoms with Crippen LogP contribution >= 0.6 is 0 Å². The van der Waals surface area contributed by atoms with E-state index in [1.165, 1.54) is 11.6 Å². The molecule has 1 aliphatic carbocycles. The third-order valence-electron chi connectivity index (χ3n) is 6.14. The van der Waals surface area contributed by atoms with Gasteiger partial charge in [0.1, 0.15) is 0 Å². The maximum atomic E-state index is 13.0. The van der Waals surface area contributed by atoms with Crippen LogP contribution in [0.4, 0.5) is 13.2 Å². The van der Waals surface area contributed by atoms with Gasteiger partial charge >= 0.3 is 6.18 Å². The van der Waals surface area contributed by atoms with Crippen LogP contribution in [0.2, 0.25) is 0 Å². The summed E-state index contributed by atoms with van der Waals surface area (Å²) >= 11 is 0. The lowest BCUT2D eigenvalue weighted by atomic mass is 9.84. The monoisotopic (exact) mass is 455 g/mol. The van der Waals surface area contributed by atoms with Gasteiger partial charge in [-0.15, -0.1) is 0 Å². The van der Waals surface area contributed by atoms with Gasteiger partial charge in [0.25, 0.3) is 0 Å². The highest BCUT2D eigenvalue weighted by molar-refractivity contribution is 7.89. The predicted molar refractivity (Wildman–Crippen MR) is 119 cm³/mol. The molecule has 1 aliphatic rings. The van der Waals surface area contributed by atoms with E-state index in [4.69, 9.17) is 0 Å². The minimum Gasteiger partial charge on any atom is -0.208 e. The smallest absolute Gasteiger partial charge is 0.208 e. The number of fused-ring (bicyclic) bond motifs is 5. The number of benzene rings is 4. The van der Waals surface area contributed by atoms with E-state index in [1.807, 2.05) is 12.1 Å². The highest BCUT2D eigenvalue weighted by Gasteiger charge is 2.32. The lowest BCUT2D eigenvalue weighted by Gasteiger charge is -2.27. The van der Waals surface area contributed by atoms with Crippen molar-refractivity contribution in [2.24, 2.45) is 0 Å². The zero-order valence-electron chi connectivity index (χ0n) is 17.0. The van der Waals surface area contributed by atoms with Gasteiger partial charge in [-0.25, -0.2) is 13.1 Å². The molecule has 0 aromatic heterocycles. The summed E-state index contributed by atoms with van der Waals surface area (Å²) in [6.45, 7) is 0. The molecule has 0 amide bonds. The summed E-state index contributed by atoms with van der Waals surface area (Å²) in [5.74, 6) is 0. The Morgan fingerprint density at radius 3 is 2.44 bits per heavy atom. The van der Waals surface area contributed by atoms with Gasteiger partial charge in [-0.1, -0.05) is 54.6 Å². The molecular weight excluding hydrogens is 435 g/mol. The zero-order chi connectivity index (χ0) is 22.5. The Kier molecular flexibility index (Phi) is 4.98. The van der Waals surface area contributed by atoms with Crippen molar-refractivity contribution in [2.45, 2.75) is 36.4 Å². The van der Waals surface area contributed by atoms with Crippen molar-refractivity contribution in [1.29, 1.82) is 0 Å². The molecule has 164 valence electrons. The second-order valence-corrected chi connectivity index (χ2v) is 9.89. The summed E-state index contributed by atoms with van der Waals surface area (Å²) < 4.78 is 67.4. The number of alkyl halides is 3. The van der Waals surface area contributed by atoms with Crippen molar-refractivity contribution in [2.75, 3.05) is 0 Å². The van der Waals surface area contributed by atoms with E-state index in [-0.39, 0.29) is 10.9 Å². The quantitative estimate of drug-likeness (QED) is 0.394. The van der Waals surface area contributed by atoms with Crippen molar-refractivity contribution < 1.29 is 21.6 Å². The average Bonchev–Trinajstić information content (AvgIpc) is 2.78. The first-order valence-corrected chi connectivity index (χ1v) is 11.8. The number of halogens is 3. The van der Waals surface area contributed by atoms with Gasteiger partial charge in [-0.2, -0.15) is 13.2 Å². The van der Waals surface area contributed by atoms with Crippen molar-refractivity contribution in [3.8, 4) is 0 Å². The molecular formula is C25H20F3NO2S. The maximum Gasteiger partial charge on any atom is 0.416 e. The summed E-state index contributed by atoms with van der Waals surface area (Å²) in [7, 11) is -4.08. The molecule has 0 bridgehead atoms. The standard InChI is InChI=1S/C25H20F3NO2S/c26-25(27,28)18-5-3-6-20(14-18)32(30,31)29-19-11-8-17-10-12-22-21-7-2-1-4-16(21)9-13-23(22)24(17)15-19/h1-7,9-10,12-14,19,29H,8,11,15H2. The first-order chi connectivity index (χ1) is 15.2. The van der Waals surface area contributed by atoms with Gasteiger partial charge in [0.15, 0.2) is 0 Å². The molecule has 32 heavy (non-hydrogen) atoms. The molecule has 0 saturated carbocycles. The van der Waals surface area contributed by atoms with Gasteiger partial charge in [0, 0.05) is 6.04 Å². The largest absolute Gasteiger partial charge is 0.416 e. The predicted octanol–water partition coefficient (Wildman–Crippen LogP) is 5.85. The Bertz CT molecular complexity index is 1450. The van der Waals surface area contributed by atoms with Crippen LogP contribution in [-0.2, 0) is 29.0 Å². The Morgan fingerprint density at radius 2 is 1.62 bits per heavy atom. The van der Waals surface area contributed by atoms with Crippen molar-refractivity contribution in [3.63, 3.8) is 0 Å². The van der Waals surface area contributed by atoms with Gasteiger partial charge in [0.2, 0.25) is 10.0 Å². The van der Waals surface area contributed by atoms with E-state index < -0.39 is 21.8 Å². The highest BCUT2D eigenvalue weighted by Crippen LogP contribution is 2.34. The molecule has 1 N–H and O–H groups in total. The highest BCUT2D eigenvalue weighted by atomic mass is 32.2. The lowest BCUT2D eigenvalue weighted by Crippen LogP contribution is -2.39. The van der Waals surface area contributed by atoms with Crippen LogP contribution in [-0.4, -0.2) is 14.5 Å². The Morgan fingerprint density at radius 1 is 0.844 bits per heavy atom. The number of hydrogen-bond donors (Lipinski definition) is 1. The third-order valence-corrected chi connectivity index (χ3v) is 7.66. The van der Waals surface area contributed by atoms with Crippen LogP contribution in [0.5, 0.6) is 0 Å². The average molecular weight is 456 g/mol. The van der Waals surface area contributed by atoms with Gasteiger partial charge in [-0.05, 0) is 70.1 Å². The summed E-state index contributed by atoms with van der Waals surface area (Å²) in [5.41, 5.74) is 1.30. The first-order valence-electron chi connectivity index (χ1n) is 10.3. The number of sulfonamides is 1. The summed E-state index contributed by atoms with van der Waals surface area (Å²) in [6, 6.07) is 19.9. The summed E-state index contributed by atoms with van der Waals surface area (Å²) in [5, 5.41) is 4.48. The first kappa shape index (κ1) is 21.0. The molecule has 1 unspecified atom stereocenters. The topological polar surface area (TPSA) is 46.2 Å². The molecule has 7 heteroatoms. The van der Waals surface area contributed by atoms with Crippen LogP contribution in [0.3, 0.4) is 0 Å². The molecule has 4 aromatic rings. The number of nitrogens with one attached hydrogen (secondary N) is 1. The Labute approximate surface area is 183 Å². The molecule has 0 aliphatic heterocycles. The molecule has 0 fully saturated rings. The lowest BCUT2D eigenvalue weighted by molar-refractivity contribution is -0.137. The molecule has 1 atom stereocenters. The van der Waals surface area contributed by atoms with Crippen LogP contribution in [0.1, 0.15) is 23.1 Å². The van der Waals surface area contributed by atoms with E-state index in [0.29, 0.717) is 25.3 Å². The summed E-state index contributed by atoms with van der Waals surface area (Å²) in [4.78, 5) is -0.373. The number of aryl methyl sites for hydroxylation is 1. The molecule has 4 aromatic carbocycles. The van der Waals surface area contributed by atoms with Crippen LogP contribution in [0, 0.1) is 0 Å². The van der Waals surface area contributed by atoms with Crippen LogP contribution in [0.25, 0.3) is 21.5 Å². The van der Waals surface area contributed by atoms with Crippen molar-refractivity contribution in [1.82, 2.24) is 4.72 Å². The molecule has 0 heterocycles. The van der Waals surface area contributed by atoms with Crippen LogP contribution < -0.4 is 4.72 Å². The molecule has 0 spiro atoms. The molecule has 0 saturated heterocycles. The minimum absolute atomic E-state index is 0.373. The third kappa shape index (κ3) is 3.76. The molecule has 3 nitrogen and oxygen atoms in total. The van der Waals surface area contributed by atoms with E-state index in [0.717, 1.165) is 39.2 Å². The molecule has 5 rings (SSSR count).